The zero-order valence-electron chi connectivity index (χ0n) is 11.6. The molecular weight excluding hydrogens is 346 g/mol. The number of rotatable bonds is 6. The van der Waals surface area contributed by atoms with Crippen molar-refractivity contribution in [3.05, 3.63) is 40.2 Å². The van der Waals surface area contributed by atoms with Crippen LogP contribution in [0, 0.1) is 17.6 Å². The van der Waals surface area contributed by atoms with Gasteiger partial charge in [-0.15, -0.1) is 0 Å². The van der Waals surface area contributed by atoms with Crippen LogP contribution in [-0.2, 0) is 6.54 Å². The highest BCUT2D eigenvalue weighted by Crippen LogP contribution is 2.29. The summed E-state index contributed by atoms with van der Waals surface area (Å²) in [5.41, 5.74) is 0.626. The fourth-order valence-electron chi connectivity index (χ4n) is 1.61. The molecule has 2 rings (SSSR count). The number of halogens is 3. The van der Waals surface area contributed by atoms with Crippen LogP contribution in [0.4, 0.5) is 8.78 Å². The summed E-state index contributed by atoms with van der Waals surface area (Å²) in [6.45, 7) is 5.54. The molecule has 4 nitrogen and oxygen atoms in total. The van der Waals surface area contributed by atoms with Crippen molar-refractivity contribution < 1.29 is 17.9 Å². The Hall–Kier alpha value is -1.47. The molecule has 0 aliphatic rings. The van der Waals surface area contributed by atoms with Gasteiger partial charge in [0.15, 0.2) is 11.6 Å². The third-order valence-corrected chi connectivity index (χ3v) is 3.00. The molecule has 0 saturated heterocycles. The molecule has 1 aromatic heterocycles. The number of nitrogens with zero attached hydrogens (tertiary/aromatic N) is 1. The van der Waals surface area contributed by atoms with E-state index in [0.717, 1.165) is 12.6 Å². The van der Waals surface area contributed by atoms with Crippen LogP contribution < -0.4 is 10.1 Å². The lowest BCUT2D eigenvalue weighted by atomic mass is 10.2. The van der Waals surface area contributed by atoms with Crippen molar-refractivity contribution in [2.45, 2.75) is 20.4 Å². The molecule has 0 atom stereocenters. The number of nitrogens with one attached hydrogen (secondary N) is 1. The standard InChI is InChI=1S/C14H15BrF2N2O2/c1-8(2)5-18-6-10-7-20-14(19-10)21-12-4-9(15)3-11(16)13(12)17/h3-4,7-8,18H,5-6H2,1-2H3. The molecule has 0 bridgehead atoms. The third-order valence-electron chi connectivity index (χ3n) is 2.55. The number of ether oxygens (including phenoxy) is 1. The minimum atomic E-state index is -1.09. The Bertz CT molecular complexity index is 617. The molecule has 0 aliphatic heterocycles. The molecule has 114 valence electrons. The molecule has 7 heteroatoms. The van der Waals surface area contributed by atoms with Crippen LogP contribution >= 0.6 is 15.9 Å². The molecule has 0 aliphatic carbocycles. The number of oxazole rings is 1. The van der Waals surface area contributed by atoms with Crippen molar-refractivity contribution in [1.82, 2.24) is 10.3 Å². The molecule has 1 heterocycles. The summed E-state index contributed by atoms with van der Waals surface area (Å²) in [5, 5.41) is 3.19. The van der Waals surface area contributed by atoms with Gasteiger partial charge in [-0.3, -0.25) is 0 Å². The largest absolute Gasteiger partial charge is 0.417 e. The van der Waals surface area contributed by atoms with Crippen LogP contribution in [0.25, 0.3) is 0 Å². The average molecular weight is 361 g/mol. The van der Waals surface area contributed by atoms with Gasteiger partial charge in [0.2, 0.25) is 5.82 Å². The topological polar surface area (TPSA) is 47.3 Å². The lowest BCUT2D eigenvalue weighted by molar-refractivity contribution is 0.312. The molecular formula is C14H15BrF2N2O2. The molecule has 0 fully saturated rings. The smallest absolute Gasteiger partial charge is 0.399 e. The monoisotopic (exact) mass is 360 g/mol. The minimum Gasteiger partial charge on any atom is -0.417 e. The molecule has 2 aromatic rings. The fourth-order valence-corrected chi connectivity index (χ4v) is 2.01. The van der Waals surface area contributed by atoms with Crippen LogP contribution in [0.2, 0.25) is 0 Å². The molecule has 0 amide bonds. The predicted octanol–water partition coefficient (Wildman–Crippen LogP) is 4.25. The van der Waals surface area contributed by atoms with Crippen molar-refractivity contribution in [3.63, 3.8) is 0 Å². The second-order valence-electron chi connectivity index (χ2n) is 4.93. The highest BCUT2D eigenvalue weighted by molar-refractivity contribution is 9.10. The number of hydrogen-bond donors (Lipinski definition) is 1. The van der Waals surface area contributed by atoms with Crippen LogP contribution in [0.3, 0.4) is 0 Å². The predicted molar refractivity (Wildman–Crippen MR) is 77.2 cm³/mol. The van der Waals surface area contributed by atoms with Crippen molar-refractivity contribution in [2.75, 3.05) is 6.54 Å². The first-order valence-electron chi connectivity index (χ1n) is 6.43. The Morgan fingerprint density at radius 1 is 1.38 bits per heavy atom. The highest BCUT2D eigenvalue weighted by atomic mass is 79.9. The van der Waals surface area contributed by atoms with Crippen molar-refractivity contribution in [2.24, 2.45) is 5.92 Å². The van der Waals surface area contributed by atoms with Crippen LogP contribution in [0.5, 0.6) is 11.8 Å². The lowest BCUT2D eigenvalue weighted by Gasteiger charge is -2.04. The van der Waals surface area contributed by atoms with Crippen LogP contribution in [0.1, 0.15) is 19.5 Å². The first-order valence-corrected chi connectivity index (χ1v) is 7.22. The molecule has 0 unspecified atom stereocenters. The first-order chi connectivity index (χ1) is 9.95. The average Bonchev–Trinajstić information content (AvgIpc) is 2.82. The van der Waals surface area contributed by atoms with Gasteiger partial charge in [-0.2, -0.15) is 9.37 Å². The van der Waals surface area contributed by atoms with Gasteiger partial charge in [0.1, 0.15) is 6.26 Å². The maximum atomic E-state index is 13.6. The second kappa shape index (κ2) is 7.00. The van der Waals surface area contributed by atoms with Gasteiger partial charge in [0.25, 0.3) is 0 Å². The van der Waals surface area contributed by atoms with E-state index in [-0.39, 0.29) is 11.8 Å². The summed E-state index contributed by atoms with van der Waals surface area (Å²) in [7, 11) is 0. The van der Waals surface area contributed by atoms with E-state index in [1.54, 1.807) is 0 Å². The van der Waals surface area contributed by atoms with Gasteiger partial charge in [0.05, 0.1) is 5.69 Å². The minimum absolute atomic E-state index is 0.132. The van der Waals surface area contributed by atoms with E-state index in [1.165, 1.54) is 12.3 Å². The maximum absolute atomic E-state index is 13.6. The highest BCUT2D eigenvalue weighted by Gasteiger charge is 2.15. The second-order valence-corrected chi connectivity index (χ2v) is 5.85. The third kappa shape index (κ3) is 4.50. The van der Waals surface area contributed by atoms with E-state index >= 15 is 0 Å². The summed E-state index contributed by atoms with van der Waals surface area (Å²) in [6.07, 6.45) is 1.28. The van der Waals surface area contributed by atoms with Gasteiger partial charge < -0.3 is 14.5 Å². The quantitative estimate of drug-likeness (QED) is 0.782. The summed E-state index contributed by atoms with van der Waals surface area (Å²) < 4.78 is 37.4. The maximum Gasteiger partial charge on any atom is 0.399 e. The number of hydrogen-bond acceptors (Lipinski definition) is 4. The molecule has 21 heavy (non-hydrogen) atoms. The Balaban J connectivity index is 2.02. The number of benzene rings is 1. The summed E-state index contributed by atoms with van der Waals surface area (Å²) in [5.74, 6) is -1.86. The van der Waals surface area contributed by atoms with Gasteiger partial charge >= 0.3 is 6.08 Å². The van der Waals surface area contributed by atoms with Crippen molar-refractivity contribution in [3.8, 4) is 11.8 Å². The SMILES string of the molecule is CC(C)CNCc1coc(Oc2cc(Br)cc(F)c2F)n1. The summed E-state index contributed by atoms with van der Waals surface area (Å²) >= 11 is 3.07. The van der Waals surface area contributed by atoms with Gasteiger partial charge in [-0.1, -0.05) is 29.8 Å². The van der Waals surface area contributed by atoms with Gasteiger partial charge in [-0.05, 0) is 24.6 Å². The van der Waals surface area contributed by atoms with Gasteiger partial charge in [-0.25, -0.2) is 4.39 Å². The lowest BCUT2D eigenvalue weighted by Crippen LogP contribution is -2.19. The molecule has 0 radical (unpaired) electrons. The van der Waals surface area contributed by atoms with Gasteiger partial charge in [0, 0.05) is 11.0 Å². The Kier molecular flexibility index (Phi) is 5.30. The first kappa shape index (κ1) is 15.9. The van der Waals surface area contributed by atoms with E-state index in [2.05, 4.69) is 40.1 Å². The summed E-state index contributed by atoms with van der Waals surface area (Å²) in [4.78, 5) is 4.05. The molecule has 1 aromatic carbocycles. The Morgan fingerprint density at radius 2 is 2.14 bits per heavy atom. The van der Waals surface area contributed by atoms with E-state index in [9.17, 15) is 8.78 Å². The van der Waals surface area contributed by atoms with E-state index < -0.39 is 11.6 Å². The van der Waals surface area contributed by atoms with Crippen molar-refractivity contribution >= 4 is 15.9 Å². The van der Waals surface area contributed by atoms with E-state index in [1.807, 2.05) is 0 Å². The zero-order chi connectivity index (χ0) is 15.4. The van der Waals surface area contributed by atoms with Crippen molar-refractivity contribution in [1.29, 1.82) is 0 Å². The van der Waals surface area contributed by atoms with E-state index in [4.69, 9.17) is 9.15 Å². The van der Waals surface area contributed by atoms with E-state index in [0.29, 0.717) is 22.6 Å². The Labute approximate surface area is 129 Å². The normalized spacial score (nSPS) is 11.1. The zero-order valence-corrected chi connectivity index (χ0v) is 13.2. The van der Waals surface area contributed by atoms with Crippen LogP contribution in [0.15, 0.2) is 27.3 Å². The summed E-state index contributed by atoms with van der Waals surface area (Å²) in [6, 6.07) is 2.32. The molecule has 0 spiro atoms. The number of aromatic nitrogens is 1. The molecule has 1 N–H and O–H groups in total. The fraction of sp³-hybridized carbons (Fsp3) is 0.357. The Morgan fingerprint density at radius 3 is 2.86 bits per heavy atom. The van der Waals surface area contributed by atoms with Crippen LogP contribution in [-0.4, -0.2) is 11.5 Å². The molecule has 0 saturated carbocycles.